The zero-order valence-electron chi connectivity index (χ0n) is 14.9. The number of carbonyl (C=O) groups is 3. The van der Waals surface area contributed by atoms with Crippen LogP contribution in [0.3, 0.4) is 0 Å². The van der Waals surface area contributed by atoms with E-state index in [9.17, 15) is 19.5 Å². The Morgan fingerprint density at radius 3 is 2.24 bits per heavy atom. The second-order valence-electron chi connectivity index (χ2n) is 8.00. The van der Waals surface area contributed by atoms with Gasteiger partial charge in [-0.15, -0.1) is 0 Å². The summed E-state index contributed by atoms with van der Waals surface area (Å²) in [6.45, 7) is 0.563. The number of carbonyl (C=O) groups excluding carboxylic acids is 2. The zero-order valence-corrected chi connectivity index (χ0v) is 14.9. The molecule has 1 heterocycles. The van der Waals surface area contributed by atoms with E-state index in [0.29, 0.717) is 25.3 Å². The summed E-state index contributed by atoms with van der Waals surface area (Å²) in [5, 5.41) is 12.4. The van der Waals surface area contributed by atoms with Gasteiger partial charge in [0.25, 0.3) is 0 Å². The molecule has 3 fully saturated rings. The van der Waals surface area contributed by atoms with Gasteiger partial charge in [0.15, 0.2) is 0 Å². The summed E-state index contributed by atoms with van der Waals surface area (Å²) in [4.78, 5) is 37.6. The first-order valence-corrected chi connectivity index (χ1v) is 9.87. The van der Waals surface area contributed by atoms with Gasteiger partial charge in [0.05, 0.1) is 0 Å². The number of nitrogens with one attached hydrogen (secondary N) is 1. The predicted molar refractivity (Wildman–Crippen MR) is 92.8 cm³/mol. The van der Waals surface area contributed by atoms with Gasteiger partial charge in [-0.2, -0.15) is 0 Å². The molecule has 6 nitrogen and oxygen atoms in total. The molecule has 1 saturated heterocycles. The highest BCUT2D eigenvalue weighted by atomic mass is 16.4. The van der Waals surface area contributed by atoms with Crippen molar-refractivity contribution < 1.29 is 19.5 Å². The molecule has 1 aliphatic heterocycles. The Morgan fingerprint density at radius 1 is 0.920 bits per heavy atom. The third-order valence-electron chi connectivity index (χ3n) is 6.21. The topological polar surface area (TPSA) is 86.7 Å². The van der Waals surface area contributed by atoms with Crippen molar-refractivity contribution >= 4 is 17.8 Å². The van der Waals surface area contributed by atoms with E-state index in [0.717, 1.165) is 32.1 Å². The molecule has 2 saturated carbocycles. The lowest BCUT2D eigenvalue weighted by atomic mass is 9.85. The number of nitrogens with zero attached hydrogens (tertiary/aromatic N) is 1. The summed E-state index contributed by atoms with van der Waals surface area (Å²) >= 11 is 0. The standard InChI is InChI=1S/C19H30N2O4/c22-17(12-13-4-1-2-5-13)20-15-9-7-14(8-10-15)18(23)21-11-3-6-16(21)19(24)25/h13-16H,1-12H2,(H,20,22)(H,24,25). The SMILES string of the molecule is O=C(CC1CCCC1)NC1CCC(C(=O)N2CCCC2C(=O)O)CC1. The minimum Gasteiger partial charge on any atom is -0.480 e. The van der Waals surface area contributed by atoms with E-state index in [1.807, 2.05) is 0 Å². The van der Waals surface area contributed by atoms with Crippen molar-refractivity contribution in [3.05, 3.63) is 0 Å². The first-order valence-electron chi connectivity index (χ1n) is 9.87. The fourth-order valence-corrected chi connectivity index (χ4v) is 4.77. The van der Waals surface area contributed by atoms with Crippen molar-refractivity contribution in [3.63, 3.8) is 0 Å². The Labute approximate surface area is 149 Å². The predicted octanol–water partition coefficient (Wildman–Crippen LogP) is 2.32. The lowest BCUT2D eigenvalue weighted by molar-refractivity contribution is -0.150. The van der Waals surface area contributed by atoms with Crippen molar-refractivity contribution in [1.82, 2.24) is 10.2 Å². The fourth-order valence-electron chi connectivity index (χ4n) is 4.77. The molecule has 1 atom stereocenters. The van der Waals surface area contributed by atoms with Crippen LogP contribution in [0.5, 0.6) is 0 Å². The van der Waals surface area contributed by atoms with Crippen molar-refractivity contribution in [1.29, 1.82) is 0 Å². The summed E-state index contributed by atoms with van der Waals surface area (Å²) in [6.07, 6.45) is 9.96. The molecule has 25 heavy (non-hydrogen) atoms. The molecule has 3 rings (SSSR count). The first-order chi connectivity index (χ1) is 12.0. The van der Waals surface area contributed by atoms with Crippen LogP contribution in [-0.4, -0.2) is 46.4 Å². The Kier molecular flexibility index (Phi) is 5.97. The van der Waals surface area contributed by atoms with Crippen LogP contribution in [0.2, 0.25) is 0 Å². The third kappa shape index (κ3) is 4.53. The van der Waals surface area contributed by atoms with E-state index < -0.39 is 12.0 Å². The summed E-state index contributed by atoms with van der Waals surface area (Å²) in [7, 11) is 0. The molecular weight excluding hydrogens is 320 g/mol. The van der Waals surface area contributed by atoms with Crippen LogP contribution in [0.4, 0.5) is 0 Å². The normalized spacial score (nSPS) is 30.4. The number of amides is 2. The van der Waals surface area contributed by atoms with Crippen LogP contribution < -0.4 is 5.32 Å². The van der Waals surface area contributed by atoms with Crippen LogP contribution in [0.25, 0.3) is 0 Å². The van der Waals surface area contributed by atoms with Gasteiger partial charge >= 0.3 is 5.97 Å². The molecule has 0 bridgehead atoms. The Bertz CT molecular complexity index is 508. The molecule has 1 unspecified atom stereocenters. The first kappa shape index (κ1) is 18.2. The molecule has 0 spiro atoms. The largest absolute Gasteiger partial charge is 0.480 e. The number of carboxylic acid groups (broad SMARTS) is 1. The van der Waals surface area contributed by atoms with Crippen molar-refractivity contribution in [2.45, 2.75) is 82.7 Å². The van der Waals surface area contributed by atoms with Crippen LogP contribution in [0, 0.1) is 11.8 Å². The van der Waals surface area contributed by atoms with Crippen LogP contribution in [0.1, 0.15) is 70.6 Å². The lowest BCUT2D eigenvalue weighted by Crippen LogP contribution is -2.46. The smallest absolute Gasteiger partial charge is 0.326 e. The Morgan fingerprint density at radius 2 is 1.60 bits per heavy atom. The average molecular weight is 350 g/mol. The molecule has 2 N–H and O–H groups in total. The van der Waals surface area contributed by atoms with E-state index in [1.54, 1.807) is 4.90 Å². The maximum atomic E-state index is 12.6. The summed E-state index contributed by atoms with van der Waals surface area (Å²) in [5.74, 6) is -0.254. The van der Waals surface area contributed by atoms with Gasteiger partial charge in [0, 0.05) is 24.9 Å². The minimum atomic E-state index is -0.890. The second kappa shape index (κ2) is 8.19. The summed E-state index contributed by atoms with van der Waals surface area (Å²) in [6, 6.07) is -0.469. The maximum Gasteiger partial charge on any atom is 0.326 e. The van der Waals surface area contributed by atoms with Gasteiger partial charge in [-0.3, -0.25) is 9.59 Å². The highest BCUT2D eigenvalue weighted by Crippen LogP contribution is 2.30. The van der Waals surface area contributed by atoms with E-state index in [-0.39, 0.29) is 23.8 Å². The van der Waals surface area contributed by atoms with Gasteiger partial charge in [0.1, 0.15) is 6.04 Å². The number of carboxylic acids is 1. The van der Waals surface area contributed by atoms with Crippen LogP contribution in [0.15, 0.2) is 0 Å². The second-order valence-corrected chi connectivity index (χ2v) is 8.00. The Hall–Kier alpha value is -1.59. The minimum absolute atomic E-state index is 0.000585. The van der Waals surface area contributed by atoms with E-state index >= 15 is 0 Å². The molecule has 0 aromatic heterocycles. The number of likely N-dealkylation sites (tertiary alicyclic amines) is 1. The molecule has 0 aromatic carbocycles. The highest BCUT2D eigenvalue weighted by Gasteiger charge is 2.38. The fraction of sp³-hybridized carbons (Fsp3) is 0.842. The summed E-state index contributed by atoms with van der Waals surface area (Å²) < 4.78 is 0. The monoisotopic (exact) mass is 350 g/mol. The average Bonchev–Trinajstić information content (AvgIpc) is 3.26. The van der Waals surface area contributed by atoms with Gasteiger partial charge < -0.3 is 15.3 Å². The van der Waals surface area contributed by atoms with Gasteiger partial charge in [-0.25, -0.2) is 4.79 Å². The van der Waals surface area contributed by atoms with Gasteiger partial charge in [-0.1, -0.05) is 12.8 Å². The van der Waals surface area contributed by atoms with E-state index in [4.69, 9.17) is 0 Å². The Balaban J connectivity index is 1.42. The summed E-state index contributed by atoms with van der Waals surface area (Å²) in [5.41, 5.74) is 0. The molecular formula is C19H30N2O4. The quantitative estimate of drug-likeness (QED) is 0.797. The van der Waals surface area contributed by atoms with Crippen molar-refractivity contribution in [3.8, 4) is 0 Å². The molecule has 0 aromatic rings. The zero-order chi connectivity index (χ0) is 17.8. The van der Waals surface area contributed by atoms with Crippen molar-refractivity contribution in [2.75, 3.05) is 6.54 Å². The molecule has 3 aliphatic rings. The number of rotatable bonds is 5. The van der Waals surface area contributed by atoms with Crippen molar-refractivity contribution in [2.24, 2.45) is 11.8 Å². The highest BCUT2D eigenvalue weighted by molar-refractivity contribution is 5.85. The van der Waals surface area contributed by atoms with E-state index in [2.05, 4.69) is 5.32 Å². The molecule has 2 amide bonds. The third-order valence-corrected chi connectivity index (χ3v) is 6.21. The molecule has 2 aliphatic carbocycles. The van der Waals surface area contributed by atoms with Gasteiger partial charge in [-0.05, 0) is 57.3 Å². The van der Waals surface area contributed by atoms with Gasteiger partial charge in [0.2, 0.25) is 11.8 Å². The molecule has 140 valence electrons. The van der Waals surface area contributed by atoms with E-state index in [1.165, 1.54) is 25.7 Å². The lowest BCUT2D eigenvalue weighted by Gasteiger charge is -2.32. The number of hydrogen-bond acceptors (Lipinski definition) is 3. The number of aliphatic carboxylic acids is 1. The maximum absolute atomic E-state index is 12.6. The van der Waals surface area contributed by atoms with Crippen LogP contribution in [-0.2, 0) is 14.4 Å². The van der Waals surface area contributed by atoms with Crippen LogP contribution >= 0.6 is 0 Å². The molecule has 6 heteroatoms. The molecule has 0 radical (unpaired) electrons. The number of hydrogen-bond donors (Lipinski definition) is 2.